The van der Waals surface area contributed by atoms with Crippen LogP contribution < -0.4 is 21.1 Å². The number of carbonyl (C=O) groups is 1. The average Bonchev–Trinajstić information content (AvgIpc) is 2.85. The second kappa shape index (κ2) is 11.4. The van der Waals surface area contributed by atoms with Crippen LogP contribution in [-0.4, -0.2) is 55.2 Å². The fourth-order valence-electron chi connectivity index (χ4n) is 3.60. The fraction of sp³-hybridized carbons (Fsp3) is 0.280. The Labute approximate surface area is 197 Å². The van der Waals surface area contributed by atoms with Crippen molar-refractivity contribution in [3.8, 4) is 5.75 Å². The van der Waals surface area contributed by atoms with Crippen LogP contribution in [0.15, 0.2) is 60.8 Å². The number of amides is 1. The highest BCUT2D eigenvalue weighted by molar-refractivity contribution is 5.98. The van der Waals surface area contributed by atoms with E-state index in [9.17, 15) is 9.18 Å². The maximum atomic E-state index is 13.9. The molecule has 178 valence electrons. The Bertz CT molecular complexity index is 1100. The predicted molar refractivity (Wildman–Crippen MR) is 129 cm³/mol. The molecule has 0 radical (unpaired) electrons. The second-order valence-corrected chi connectivity index (χ2v) is 7.88. The van der Waals surface area contributed by atoms with E-state index in [-0.39, 0.29) is 17.9 Å². The first-order valence-corrected chi connectivity index (χ1v) is 11.2. The summed E-state index contributed by atoms with van der Waals surface area (Å²) in [6, 6.07) is 15.7. The van der Waals surface area contributed by atoms with Crippen LogP contribution in [0, 0.1) is 5.82 Å². The van der Waals surface area contributed by atoms with Crippen LogP contribution >= 0.6 is 0 Å². The third kappa shape index (κ3) is 6.43. The van der Waals surface area contributed by atoms with Gasteiger partial charge in [-0.1, -0.05) is 18.2 Å². The van der Waals surface area contributed by atoms with E-state index in [1.54, 1.807) is 24.3 Å². The van der Waals surface area contributed by atoms with Crippen molar-refractivity contribution in [2.24, 2.45) is 5.73 Å². The maximum Gasteiger partial charge on any atom is 0.252 e. The Morgan fingerprint density at radius 2 is 1.91 bits per heavy atom. The minimum Gasteiger partial charge on any atom is -0.492 e. The summed E-state index contributed by atoms with van der Waals surface area (Å²) in [5, 5.41) is 6.28. The van der Waals surface area contributed by atoms with Crippen molar-refractivity contribution in [2.75, 3.05) is 50.1 Å². The number of anilines is 3. The van der Waals surface area contributed by atoms with Crippen LogP contribution in [0.3, 0.4) is 0 Å². The number of nitrogens with one attached hydrogen (secondary N) is 2. The Balaban J connectivity index is 1.36. The molecule has 3 aromatic rings. The third-order valence-electron chi connectivity index (χ3n) is 5.50. The van der Waals surface area contributed by atoms with Gasteiger partial charge >= 0.3 is 0 Å². The van der Waals surface area contributed by atoms with Crippen molar-refractivity contribution in [1.82, 2.24) is 9.88 Å². The fourth-order valence-corrected chi connectivity index (χ4v) is 3.60. The molecule has 1 fully saturated rings. The Morgan fingerprint density at radius 1 is 1.15 bits per heavy atom. The summed E-state index contributed by atoms with van der Waals surface area (Å²) < 4.78 is 25.1. The predicted octanol–water partition coefficient (Wildman–Crippen LogP) is 3.39. The molecule has 0 unspecified atom stereocenters. The first-order valence-electron chi connectivity index (χ1n) is 11.2. The lowest BCUT2D eigenvalue weighted by Crippen LogP contribution is -2.38. The summed E-state index contributed by atoms with van der Waals surface area (Å²) in [6.07, 6.45) is 1.40. The quantitative estimate of drug-likeness (QED) is 0.422. The van der Waals surface area contributed by atoms with Crippen molar-refractivity contribution < 1.29 is 18.7 Å². The molecule has 4 rings (SSSR count). The van der Waals surface area contributed by atoms with Gasteiger partial charge in [-0.25, -0.2) is 9.37 Å². The number of nitrogens with two attached hydrogens (primary N) is 1. The summed E-state index contributed by atoms with van der Waals surface area (Å²) in [7, 11) is 0. The highest BCUT2D eigenvalue weighted by atomic mass is 19.1. The van der Waals surface area contributed by atoms with Gasteiger partial charge in [-0.3, -0.25) is 9.69 Å². The lowest BCUT2D eigenvalue weighted by Gasteiger charge is -2.26. The molecule has 9 heteroatoms. The summed E-state index contributed by atoms with van der Waals surface area (Å²) >= 11 is 0. The highest BCUT2D eigenvalue weighted by Crippen LogP contribution is 2.24. The second-order valence-electron chi connectivity index (χ2n) is 7.88. The first-order chi connectivity index (χ1) is 16.6. The van der Waals surface area contributed by atoms with E-state index >= 15 is 0 Å². The van der Waals surface area contributed by atoms with E-state index in [2.05, 4.69) is 20.5 Å². The van der Waals surface area contributed by atoms with Crippen molar-refractivity contribution in [1.29, 1.82) is 0 Å². The molecule has 0 saturated carbocycles. The number of morpholine rings is 1. The number of rotatable bonds is 10. The molecule has 2 heterocycles. The van der Waals surface area contributed by atoms with Crippen molar-refractivity contribution in [3.63, 3.8) is 0 Å². The van der Waals surface area contributed by atoms with E-state index in [1.165, 1.54) is 12.3 Å². The normalized spacial score (nSPS) is 13.9. The molecule has 1 aliphatic heterocycles. The van der Waals surface area contributed by atoms with Crippen LogP contribution in [0.25, 0.3) is 0 Å². The van der Waals surface area contributed by atoms with Gasteiger partial charge in [0.1, 0.15) is 24.0 Å². The van der Waals surface area contributed by atoms with E-state index < -0.39 is 5.91 Å². The zero-order valence-electron chi connectivity index (χ0n) is 18.8. The summed E-state index contributed by atoms with van der Waals surface area (Å²) in [6.45, 7) is 5.09. The van der Waals surface area contributed by atoms with Crippen LogP contribution in [0.5, 0.6) is 5.75 Å². The molecule has 1 amide bonds. The molecule has 0 aliphatic carbocycles. The number of pyridine rings is 1. The number of halogens is 1. The monoisotopic (exact) mass is 465 g/mol. The third-order valence-corrected chi connectivity index (χ3v) is 5.50. The van der Waals surface area contributed by atoms with Crippen molar-refractivity contribution >= 4 is 23.1 Å². The van der Waals surface area contributed by atoms with Gasteiger partial charge in [0.25, 0.3) is 5.91 Å². The molecule has 34 heavy (non-hydrogen) atoms. The van der Waals surface area contributed by atoms with Gasteiger partial charge < -0.3 is 25.8 Å². The van der Waals surface area contributed by atoms with E-state index in [0.29, 0.717) is 23.7 Å². The maximum absolute atomic E-state index is 13.9. The minimum absolute atomic E-state index is 0.201. The van der Waals surface area contributed by atoms with E-state index in [1.807, 2.05) is 24.3 Å². The van der Waals surface area contributed by atoms with Crippen molar-refractivity contribution in [3.05, 3.63) is 77.7 Å². The Morgan fingerprint density at radius 3 is 2.65 bits per heavy atom. The number of primary amides is 1. The average molecular weight is 466 g/mol. The van der Waals surface area contributed by atoms with Gasteiger partial charge in [-0.15, -0.1) is 0 Å². The molecule has 1 saturated heterocycles. The Kier molecular flexibility index (Phi) is 7.90. The number of ether oxygens (including phenoxy) is 2. The number of benzene rings is 2. The van der Waals surface area contributed by atoms with Gasteiger partial charge in [0.15, 0.2) is 0 Å². The van der Waals surface area contributed by atoms with Gasteiger partial charge in [-0.05, 0) is 30.3 Å². The Hall–Kier alpha value is -3.69. The van der Waals surface area contributed by atoms with Gasteiger partial charge in [0, 0.05) is 49.7 Å². The smallest absolute Gasteiger partial charge is 0.252 e. The molecular weight excluding hydrogens is 437 g/mol. The molecule has 2 aromatic carbocycles. The van der Waals surface area contributed by atoms with Crippen LogP contribution in [-0.2, 0) is 11.3 Å². The van der Waals surface area contributed by atoms with Gasteiger partial charge in [-0.2, -0.15) is 0 Å². The molecule has 0 spiro atoms. The van der Waals surface area contributed by atoms with Crippen LogP contribution in [0.1, 0.15) is 15.9 Å². The summed E-state index contributed by atoms with van der Waals surface area (Å²) in [5.41, 5.74) is 7.47. The molecule has 1 aromatic heterocycles. The zero-order valence-corrected chi connectivity index (χ0v) is 18.8. The molecule has 0 bridgehead atoms. The highest BCUT2D eigenvalue weighted by Gasteiger charge is 2.12. The van der Waals surface area contributed by atoms with Gasteiger partial charge in [0.05, 0.1) is 24.5 Å². The number of hydrogen-bond acceptors (Lipinski definition) is 7. The standard InChI is InChI=1S/C25H28FN5O3/c26-22-4-2-1-3-18(22)16-28-23-15-24(29-17-21(23)25(27)32)30-19-5-7-20(8-6-19)34-14-11-31-9-12-33-13-10-31/h1-8,15,17H,9-14,16H2,(H2,27,32)(H2,28,29,30). The van der Waals surface area contributed by atoms with Crippen molar-refractivity contribution in [2.45, 2.75) is 6.54 Å². The number of carbonyl (C=O) groups excluding carboxylic acids is 1. The first kappa shape index (κ1) is 23.5. The summed E-state index contributed by atoms with van der Waals surface area (Å²) in [4.78, 5) is 18.4. The molecule has 4 N–H and O–H groups in total. The molecule has 0 atom stereocenters. The zero-order chi connectivity index (χ0) is 23.8. The minimum atomic E-state index is -0.617. The molecule has 8 nitrogen and oxygen atoms in total. The van der Waals surface area contributed by atoms with E-state index in [0.717, 1.165) is 44.3 Å². The molecular formula is C25H28FN5O3. The number of aromatic nitrogens is 1. The number of nitrogens with zero attached hydrogens (tertiary/aromatic N) is 2. The summed E-state index contributed by atoms with van der Waals surface area (Å²) in [5.74, 6) is 0.356. The molecule has 1 aliphatic rings. The van der Waals surface area contributed by atoms with Crippen LogP contribution in [0.2, 0.25) is 0 Å². The van der Waals surface area contributed by atoms with E-state index in [4.69, 9.17) is 15.2 Å². The van der Waals surface area contributed by atoms with Crippen LogP contribution in [0.4, 0.5) is 21.6 Å². The number of hydrogen-bond donors (Lipinski definition) is 3. The SMILES string of the molecule is NC(=O)c1cnc(Nc2ccc(OCCN3CCOCC3)cc2)cc1NCc1ccccc1F. The lowest BCUT2D eigenvalue weighted by atomic mass is 10.1. The van der Waals surface area contributed by atoms with Gasteiger partial charge in [0.2, 0.25) is 0 Å². The lowest BCUT2D eigenvalue weighted by molar-refractivity contribution is 0.0322. The topological polar surface area (TPSA) is 102 Å². The largest absolute Gasteiger partial charge is 0.492 e.